The van der Waals surface area contributed by atoms with Crippen molar-refractivity contribution >= 4 is 22.4 Å². The fourth-order valence-electron chi connectivity index (χ4n) is 4.67. The van der Waals surface area contributed by atoms with Gasteiger partial charge in [0.25, 0.3) is 0 Å². The van der Waals surface area contributed by atoms with E-state index in [0.29, 0.717) is 6.04 Å². The van der Waals surface area contributed by atoms with Gasteiger partial charge in [-0.15, -0.1) is 0 Å². The van der Waals surface area contributed by atoms with Crippen LogP contribution in [0.15, 0.2) is 42.9 Å². The van der Waals surface area contributed by atoms with Gasteiger partial charge in [-0.3, -0.25) is 4.98 Å². The van der Waals surface area contributed by atoms with Gasteiger partial charge in [-0.2, -0.15) is 0 Å². The highest BCUT2D eigenvalue weighted by Crippen LogP contribution is 2.32. The molecule has 0 aromatic carbocycles. The summed E-state index contributed by atoms with van der Waals surface area (Å²) in [4.78, 5) is 16.4. The normalized spacial score (nSPS) is 22.2. The maximum atomic E-state index is 9.75. The number of anilines is 2. The Morgan fingerprint density at radius 3 is 2.63 bits per heavy atom. The first-order valence-corrected chi connectivity index (χ1v) is 11.2. The first-order chi connectivity index (χ1) is 14.8. The van der Waals surface area contributed by atoms with Crippen LogP contribution in [0.25, 0.3) is 22.0 Å². The SMILES string of the molecule is OC1CCC(Nc2cc(-c3cc4cnccc4c(N4CCCCC4)n3)ccn2)CC1. The fraction of sp³-hybridized carbons (Fsp3) is 0.458. The summed E-state index contributed by atoms with van der Waals surface area (Å²) in [6.07, 6.45) is 12.9. The summed E-state index contributed by atoms with van der Waals surface area (Å²) in [6.45, 7) is 2.12. The second-order valence-corrected chi connectivity index (χ2v) is 8.56. The molecule has 2 N–H and O–H groups in total. The minimum atomic E-state index is -0.147. The number of aliphatic hydroxyl groups excluding tert-OH is 1. The molecule has 1 saturated carbocycles. The molecule has 3 aromatic rings. The molecular weight excluding hydrogens is 374 g/mol. The van der Waals surface area contributed by atoms with Crippen LogP contribution in [0.5, 0.6) is 0 Å². The molecule has 156 valence electrons. The van der Waals surface area contributed by atoms with E-state index in [0.717, 1.165) is 67.1 Å². The van der Waals surface area contributed by atoms with Crippen LogP contribution < -0.4 is 10.2 Å². The number of aromatic nitrogens is 3. The van der Waals surface area contributed by atoms with Gasteiger partial charge in [0, 0.05) is 54.1 Å². The standard InChI is InChI=1S/C24H29N5O/c30-20-6-4-19(5-7-20)27-23-15-17(8-11-26-23)22-14-18-16-25-10-9-21(18)24(28-22)29-12-2-1-3-13-29/h8-11,14-16,19-20,30H,1-7,12-13H2,(H,26,27). The van der Waals surface area contributed by atoms with Crippen molar-refractivity contribution in [2.45, 2.75) is 57.1 Å². The average molecular weight is 404 g/mol. The summed E-state index contributed by atoms with van der Waals surface area (Å²) < 4.78 is 0. The van der Waals surface area contributed by atoms with E-state index in [9.17, 15) is 5.11 Å². The lowest BCUT2D eigenvalue weighted by molar-refractivity contribution is 0.126. The molecule has 6 heteroatoms. The minimum Gasteiger partial charge on any atom is -0.393 e. The lowest BCUT2D eigenvalue weighted by Crippen LogP contribution is -2.30. The summed E-state index contributed by atoms with van der Waals surface area (Å²) in [7, 11) is 0. The van der Waals surface area contributed by atoms with Crippen LogP contribution in [0.3, 0.4) is 0 Å². The van der Waals surface area contributed by atoms with Crippen molar-refractivity contribution in [2.24, 2.45) is 0 Å². The van der Waals surface area contributed by atoms with E-state index in [1.54, 1.807) is 0 Å². The number of hydrogen-bond acceptors (Lipinski definition) is 6. The summed E-state index contributed by atoms with van der Waals surface area (Å²) in [5, 5.41) is 15.6. The van der Waals surface area contributed by atoms with Crippen LogP contribution in [0.4, 0.5) is 11.6 Å². The monoisotopic (exact) mass is 403 g/mol. The predicted octanol–water partition coefficient (Wildman–Crippen LogP) is 4.40. The maximum absolute atomic E-state index is 9.75. The third-order valence-corrected chi connectivity index (χ3v) is 6.37. The van der Waals surface area contributed by atoms with E-state index in [-0.39, 0.29) is 6.10 Å². The van der Waals surface area contributed by atoms with Crippen LogP contribution in [0.2, 0.25) is 0 Å². The van der Waals surface area contributed by atoms with Gasteiger partial charge < -0.3 is 15.3 Å². The number of fused-ring (bicyclic) bond motifs is 1. The maximum Gasteiger partial charge on any atom is 0.137 e. The molecule has 6 nitrogen and oxygen atoms in total. The van der Waals surface area contributed by atoms with E-state index in [1.807, 2.05) is 24.7 Å². The molecule has 4 heterocycles. The fourth-order valence-corrected chi connectivity index (χ4v) is 4.67. The van der Waals surface area contributed by atoms with Crippen LogP contribution in [0, 0.1) is 0 Å². The highest BCUT2D eigenvalue weighted by Gasteiger charge is 2.20. The van der Waals surface area contributed by atoms with Crippen molar-refractivity contribution in [3.05, 3.63) is 42.9 Å². The zero-order valence-corrected chi connectivity index (χ0v) is 17.3. The minimum absolute atomic E-state index is 0.147. The Kier molecular flexibility index (Phi) is 5.49. The highest BCUT2D eigenvalue weighted by molar-refractivity contribution is 5.94. The number of hydrogen-bond donors (Lipinski definition) is 2. The van der Waals surface area contributed by atoms with Crippen LogP contribution in [-0.4, -0.2) is 45.3 Å². The van der Waals surface area contributed by atoms with E-state index in [4.69, 9.17) is 4.98 Å². The second-order valence-electron chi connectivity index (χ2n) is 8.56. The molecule has 1 saturated heterocycles. The Labute approximate surface area is 177 Å². The molecule has 0 unspecified atom stereocenters. The number of pyridine rings is 3. The van der Waals surface area contributed by atoms with Crippen molar-refractivity contribution < 1.29 is 5.11 Å². The molecule has 5 rings (SSSR count). The van der Waals surface area contributed by atoms with Gasteiger partial charge in [0.05, 0.1) is 11.8 Å². The third-order valence-electron chi connectivity index (χ3n) is 6.37. The number of nitrogens with zero attached hydrogens (tertiary/aromatic N) is 4. The van der Waals surface area contributed by atoms with E-state index < -0.39 is 0 Å². The Morgan fingerprint density at radius 2 is 1.80 bits per heavy atom. The van der Waals surface area contributed by atoms with Gasteiger partial charge >= 0.3 is 0 Å². The lowest BCUT2D eigenvalue weighted by Gasteiger charge is -2.29. The molecule has 3 aromatic heterocycles. The van der Waals surface area contributed by atoms with Crippen molar-refractivity contribution in [2.75, 3.05) is 23.3 Å². The number of nitrogens with one attached hydrogen (secondary N) is 1. The van der Waals surface area contributed by atoms with E-state index in [2.05, 4.69) is 38.4 Å². The Hall–Kier alpha value is -2.73. The van der Waals surface area contributed by atoms with Crippen molar-refractivity contribution in [3.8, 4) is 11.3 Å². The molecule has 0 atom stereocenters. The Morgan fingerprint density at radius 1 is 0.967 bits per heavy atom. The highest BCUT2D eigenvalue weighted by atomic mass is 16.3. The van der Waals surface area contributed by atoms with E-state index in [1.165, 1.54) is 24.6 Å². The molecule has 0 amide bonds. The first kappa shape index (κ1) is 19.2. The molecule has 1 aliphatic carbocycles. The summed E-state index contributed by atoms with van der Waals surface area (Å²) in [6, 6.07) is 8.70. The lowest BCUT2D eigenvalue weighted by atomic mass is 9.93. The summed E-state index contributed by atoms with van der Waals surface area (Å²) in [5.74, 6) is 1.94. The van der Waals surface area contributed by atoms with Crippen molar-refractivity contribution in [1.82, 2.24) is 15.0 Å². The topological polar surface area (TPSA) is 74.2 Å². The number of piperidine rings is 1. The van der Waals surface area contributed by atoms with Gasteiger partial charge in [-0.1, -0.05) is 0 Å². The molecular formula is C24H29N5O. The first-order valence-electron chi connectivity index (χ1n) is 11.2. The average Bonchev–Trinajstić information content (AvgIpc) is 2.81. The van der Waals surface area contributed by atoms with Gasteiger partial charge in [-0.05, 0) is 69.2 Å². The number of rotatable bonds is 4. The molecule has 0 spiro atoms. The zero-order chi connectivity index (χ0) is 20.3. The Bertz CT molecular complexity index is 1010. The molecule has 30 heavy (non-hydrogen) atoms. The van der Waals surface area contributed by atoms with Crippen LogP contribution in [0.1, 0.15) is 44.9 Å². The van der Waals surface area contributed by atoms with Gasteiger partial charge in [-0.25, -0.2) is 9.97 Å². The molecule has 0 bridgehead atoms. The third kappa shape index (κ3) is 4.10. The van der Waals surface area contributed by atoms with Gasteiger partial charge in [0.2, 0.25) is 0 Å². The molecule has 2 fully saturated rings. The predicted molar refractivity (Wildman–Crippen MR) is 121 cm³/mol. The largest absolute Gasteiger partial charge is 0.393 e. The second kappa shape index (κ2) is 8.56. The zero-order valence-electron chi connectivity index (χ0n) is 17.3. The molecule has 0 radical (unpaired) electrons. The number of aliphatic hydroxyl groups is 1. The molecule has 1 aliphatic heterocycles. The summed E-state index contributed by atoms with van der Waals surface area (Å²) >= 11 is 0. The van der Waals surface area contributed by atoms with E-state index >= 15 is 0 Å². The van der Waals surface area contributed by atoms with Gasteiger partial charge in [0.15, 0.2) is 0 Å². The van der Waals surface area contributed by atoms with Crippen LogP contribution >= 0.6 is 0 Å². The summed E-state index contributed by atoms with van der Waals surface area (Å²) in [5.41, 5.74) is 2.02. The van der Waals surface area contributed by atoms with Crippen molar-refractivity contribution in [3.63, 3.8) is 0 Å². The van der Waals surface area contributed by atoms with Crippen LogP contribution in [-0.2, 0) is 0 Å². The quantitative estimate of drug-likeness (QED) is 0.673. The Balaban J connectivity index is 1.47. The van der Waals surface area contributed by atoms with Crippen molar-refractivity contribution in [1.29, 1.82) is 0 Å². The molecule has 2 aliphatic rings. The van der Waals surface area contributed by atoms with Gasteiger partial charge in [0.1, 0.15) is 11.6 Å². The smallest absolute Gasteiger partial charge is 0.137 e.